The van der Waals surface area contributed by atoms with E-state index in [1.54, 1.807) is 11.8 Å². The van der Waals surface area contributed by atoms with E-state index < -0.39 is 0 Å². The third-order valence-corrected chi connectivity index (χ3v) is 4.01. The van der Waals surface area contributed by atoms with Crippen molar-refractivity contribution in [2.45, 2.75) is 25.9 Å². The number of rotatable bonds is 5. The minimum absolute atomic E-state index is 0.216. The van der Waals surface area contributed by atoms with Gasteiger partial charge in [0, 0.05) is 17.9 Å². The van der Waals surface area contributed by atoms with Gasteiger partial charge in [-0.3, -0.25) is 4.79 Å². The molecule has 1 aliphatic heterocycles. The van der Waals surface area contributed by atoms with Crippen LogP contribution in [0.15, 0.2) is 24.3 Å². The van der Waals surface area contributed by atoms with Gasteiger partial charge in [0.25, 0.3) is 0 Å². The summed E-state index contributed by atoms with van der Waals surface area (Å²) in [7, 11) is 0. The smallest absolute Gasteiger partial charge is 0.172 e. The van der Waals surface area contributed by atoms with Crippen molar-refractivity contribution in [1.29, 1.82) is 0 Å². The Bertz CT molecular complexity index is 366. The summed E-state index contributed by atoms with van der Waals surface area (Å²) in [5.41, 5.74) is 2.00. The third kappa shape index (κ3) is 3.86. The first-order chi connectivity index (χ1) is 8.25. The SMILES string of the molecule is Cc1ccc(C(=O)CSCC2CCCO2)cc1. The largest absolute Gasteiger partial charge is 0.377 e. The maximum absolute atomic E-state index is 11.9. The van der Waals surface area contributed by atoms with Crippen LogP contribution in [0.5, 0.6) is 0 Å². The second-order valence-electron chi connectivity index (χ2n) is 4.44. The van der Waals surface area contributed by atoms with Gasteiger partial charge in [-0.05, 0) is 19.8 Å². The Morgan fingerprint density at radius 1 is 1.41 bits per heavy atom. The monoisotopic (exact) mass is 250 g/mol. The van der Waals surface area contributed by atoms with Gasteiger partial charge >= 0.3 is 0 Å². The first-order valence-corrected chi connectivity index (χ1v) is 7.20. The predicted molar refractivity (Wildman–Crippen MR) is 71.8 cm³/mol. The van der Waals surface area contributed by atoms with Crippen LogP contribution in [-0.2, 0) is 4.74 Å². The molecule has 1 heterocycles. The zero-order chi connectivity index (χ0) is 12.1. The number of ether oxygens (including phenoxy) is 1. The average Bonchev–Trinajstić information content (AvgIpc) is 2.83. The molecule has 92 valence electrons. The molecule has 0 aliphatic carbocycles. The summed E-state index contributed by atoms with van der Waals surface area (Å²) < 4.78 is 5.52. The fourth-order valence-electron chi connectivity index (χ4n) is 1.88. The molecular weight excluding hydrogens is 232 g/mol. The maximum atomic E-state index is 11.9. The summed E-state index contributed by atoms with van der Waals surface area (Å²) in [5.74, 6) is 1.72. The molecule has 0 saturated carbocycles. The van der Waals surface area contributed by atoms with Crippen molar-refractivity contribution in [3.05, 3.63) is 35.4 Å². The molecule has 2 rings (SSSR count). The molecule has 0 aromatic heterocycles. The highest BCUT2D eigenvalue weighted by molar-refractivity contribution is 8.00. The van der Waals surface area contributed by atoms with E-state index in [1.165, 1.54) is 5.56 Å². The predicted octanol–water partition coefficient (Wildman–Crippen LogP) is 3.09. The molecule has 1 saturated heterocycles. The van der Waals surface area contributed by atoms with E-state index in [0.29, 0.717) is 11.9 Å². The Morgan fingerprint density at radius 2 is 2.18 bits per heavy atom. The summed E-state index contributed by atoms with van der Waals surface area (Å²) in [6.45, 7) is 2.91. The van der Waals surface area contributed by atoms with Crippen LogP contribution < -0.4 is 0 Å². The van der Waals surface area contributed by atoms with Gasteiger partial charge in [-0.1, -0.05) is 29.8 Å². The lowest BCUT2D eigenvalue weighted by atomic mass is 10.1. The molecule has 0 amide bonds. The highest BCUT2D eigenvalue weighted by Crippen LogP contribution is 2.18. The zero-order valence-corrected chi connectivity index (χ0v) is 11.0. The molecule has 1 aliphatic rings. The number of ketones is 1. The Morgan fingerprint density at radius 3 is 2.82 bits per heavy atom. The number of hydrogen-bond acceptors (Lipinski definition) is 3. The van der Waals surface area contributed by atoms with Gasteiger partial charge in [0.05, 0.1) is 11.9 Å². The number of carbonyl (C=O) groups excluding carboxylic acids is 1. The van der Waals surface area contributed by atoms with E-state index in [4.69, 9.17) is 4.74 Å². The molecule has 0 N–H and O–H groups in total. The molecule has 0 radical (unpaired) electrons. The Hall–Kier alpha value is -0.800. The van der Waals surface area contributed by atoms with Crippen molar-refractivity contribution >= 4 is 17.5 Å². The lowest BCUT2D eigenvalue weighted by Gasteiger charge is -2.08. The molecule has 2 nitrogen and oxygen atoms in total. The van der Waals surface area contributed by atoms with Crippen LogP contribution in [-0.4, -0.2) is 30.0 Å². The van der Waals surface area contributed by atoms with Gasteiger partial charge in [-0.15, -0.1) is 0 Å². The lowest BCUT2D eigenvalue weighted by Crippen LogP contribution is -2.11. The Balaban J connectivity index is 1.75. The molecule has 0 bridgehead atoms. The standard InChI is InChI=1S/C14H18O2S/c1-11-4-6-12(7-5-11)14(15)10-17-9-13-3-2-8-16-13/h4-7,13H,2-3,8-10H2,1H3. The Kier molecular flexibility index (Phi) is 4.63. The van der Waals surface area contributed by atoms with Crippen LogP contribution in [0.4, 0.5) is 0 Å². The van der Waals surface area contributed by atoms with Gasteiger partial charge < -0.3 is 4.74 Å². The number of thioether (sulfide) groups is 1. The van der Waals surface area contributed by atoms with Crippen molar-refractivity contribution < 1.29 is 9.53 Å². The van der Waals surface area contributed by atoms with Gasteiger partial charge in [0.15, 0.2) is 5.78 Å². The normalized spacial score (nSPS) is 19.5. The van der Waals surface area contributed by atoms with Crippen molar-refractivity contribution in [1.82, 2.24) is 0 Å². The molecule has 17 heavy (non-hydrogen) atoms. The zero-order valence-electron chi connectivity index (χ0n) is 10.1. The van der Waals surface area contributed by atoms with E-state index in [-0.39, 0.29) is 5.78 Å². The maximum Gasteiger partial charge on any atom is 0.172 e. The Labute approximate surface area is 107 Å². The van der Waals surface area contributed by atoms with E-state index in [9.17, 15) is 4.79 Å². The average molecular weight is 250 g/mol. The van der Waals surface area contributed by atoms with Crippen LogP contribution in [0, 0.1) is 6.92 Å². The van der Waals surface area contributed by atoms with Crippen LogP contribution in [0.25, 0.3) is 0 Å². The topological polar surface area (TPSA) is 26.3 Å². The quantitative estimate of drug-likeness (QED) is 0.751. The number of hydrogen-bond donors (Lipinski definition) is 0. The van der Waals surface area contributed by atoms with Crippen molar-refractivity contribution in [2.24, 2.45) is 0 Å². The molecule has 0 spiro atoms. The van der Waals surface area contributed by atoms with Gasteiger partial charge in [-0.25, -0.2) is 0 Å². The second-order valence-corrected chi connectivity index (χ2v) is 5.47. The minimum atomic E-state index is 0.216. The van der Waals surface area contributed by atoms with E-state index in [0.717, 1.165) is 30.8 Å². The highest BCUT2D eigenvalue weighted by Gasteiger charge is 2.16. The van der Waals surface area contributed by atoms with Gasteiger partial charge in [0.2, 0.25) is 0 Å². The summed E-state index contributed by atoms with van der Waals surface area (Å²) in [5, 5.41) is 0. The first-order valence-electron chi connectivity index (χ1n) is 6.05. The number of benzene rings is 1. The molecule has 1 unspecified atom stereocenters. The molecule has 1 aromatic rings. The minimum Gasteiger partial charge on any atom is -0.377 e. The molecular formula is C14H18O2S. The van der Waals surface area contributed by atoms with E-state index in [2.05, 4.69) is 0 Å². The van der Waals surface area contributed by atoms with E-state index >= 15 is 0 Å². The summed E-state index contributed by atoms with van der Waals surface area (Å²) >= 11 is 1.68. The lowest BCUT2D eigenvalue weighted by molar-refractivity contribution is 0.102. The van der Waals surface area contributed by atoms with E-state index in [1.807, 2.05) is 31.2 Å². The van der Waals surface area contributed by atoms with Gasteiger partial charge in [-0.2, -0.15) is 11.8 Å². The first kappa shape index (κ1) is 12.7. The van der Waals surface area contributed by atoms with Crippen LogP contribution in [0.1, 0.15) is 28.8 Å². The van der Waals surface area contributed by atoms with Gasteiger partial charge in [0.1, 0.15) is 0 Å². The summed E-state index contributed by atoms with van der Waals surface area (Å²) in [4.78, 5) is 11.9. The van der Waals surface area contributed by atoms with Crippen LogP contribution in [0.2, 0.25) is 0 Å². The van der Waals surface area contributed by atoms with Crippen molar-refractivity contribution in [3.63, 3.8) is 0 Å². The molecule has 3 heteroatoms. The molecule has 1 fully saturated rings. The van der Waals surface area contributed by atoms with Crippen molar-refractivity contribution in [2.75, 3.05) is 18.1 Å². The number of Topliss-reactive ketones (excluding diaryl/α,β-unsaturated/α-hetero) is 1. The molecule has 1 aromatic carbocycles. The van der Waals surface area contributed by atoms with Crippen LogP contribution >= 0.6 is 11.8 Å². The molecule has 1 atom stereocenters. The summed E-state index contributed by atoms with van der Waals surface area (Å²) in [6, 6.07) is 7.78. The fraction of sp³-hybridized carbons (Fsp3) is 0.500. The second kappa shape index (κ2) is 6.22. The van der Waals surface area contributed by atoms with Crippen molar-refractivity contribution in [3.8, 4) is 0 Å². The third-order valence-electron chi connectivity index (χ3n) is 2.93. The van der Waals surface area contributed by atoms with Crippen LogP contribution in [0.3, 0.4) is 0 Å². The summed E-state index contributed by atoms with van der Waals surface area (Å²) in [6.07, 6.45) is 2.67. The number of carbonyl (C=O) groups is 1. The number of aryl methyl sites for hydroxylation is 1. The fourth-order valence-corrected chi connectivity index (χ4v) is 2.88. The highest BCUT2D eigenvalue weighted by atomic mass is 32.2.